The second-order valence-corrected chi connectivity index (χ2v) is 12.0. The maximum absolute atomic E-state index is 10.9. The zero-order chi connectivity index (χ0) is 29.0. The van der Waals surface area contributed by atoms with Gasteiger partial charge in [0.2, 0.25) is 0 Å². The Morgan fingerprint density at radius 1 is 0.625 bits per heavy atom. The maximum atomic E-state index is 10.9. The lowest BCUT2D eigenvalue weighted by atomic mass is 10.0. The van der Waals surface area contributed by atoms with Gasteiger partial charge in [0.1, 0.15) is 6.10 Å². The van der Waals surface area contributed by atoms with E-state index in [0.717, 1.165) is 12.7 Å². The SMILES string of the molecule is CCCCCCCCCCCCCCCCCCOCC(COCCOCCOS(C)(=O)=O)Oc1ncccn1. The number of hydrogen-bond acceptors (Lipinski definition) is 9. The molecule has 10 heteroatoms. The molecule has 1 aromatic heterocycles. The summed E-state index contributed by atoms with van der Waals surface area (Å²) in [6.45, 7) is 4.49. The third-order valence-corrected chi connectivity index (χ3v) is 7.06. The van der Waals surface area contributed by atoms with Gasteiger partial charge in [0.05, 0.1) is 45.9 Å². The number of unbranched alkanes of at least 4 members (excludes halogenated alkanes) is 15. The molecule has 0 aliphatic carbocycles. The molecule has 9 nitrogen and oxygen atoms in total. The van der Waals surface area contributed by atoms with Crippen molar-refractivity contribution in [2.75, 3.05) is 52.5 Å². The van der Waals surface area contributed by atoms with Crippen LogP contribution >= 0.6 is 0 Å². The fourth-order valence-electron chi connectivity index (χ4n) is 4.26. The molecule has 1 rings (SSSR count). The first-order chi connectivity index (χ1) is 19.5. The van der Waals surface area contributed by atoms with Gasteiger partial charge in [-0.05, 0) is 12.5 Å². The van der Waals surface area contributed by atoms with E-state index in [2.05, 4.69) is 21.1 Å². The molecule has 0 spiro atoms. The summed E-state index contributed by atoms with van der Waals surface area (Å²) < 4.78 is 49.1. The van der Waals surface area contributed by atoms with Crippen LogP contribution in [0.1, 0.15) is 110 Å². The van der Waals surface area contributed by atoms with Crippen LogP contribution in [0.4, 0.5) is 0 Å². The highest BCUT2D eigenvalue weighted by atomic mass is 32.2. The number of rotatable bonds is 30. The molecule has 0 radical (unpaired) electrons. The summed E-state index contributed by atoms with van der Waals surface area (Å²) in [7, 11) is -3.44. The molecule has 1 aromatic rings. The first kappa shape index (κ1) is 36.7. The molecule has 0 aliphatic rings. The van der Waals surface area contributed by atoms with Crippen molar-refractivity contribution in [3.63, 3.8) is 0 Å². The van der Waals surface area contributed by atoms with Crippen molar-refractivity contribution < 1.29 is 31.5 Å². The lowest BCUT2D eigenvalue weighted by Crippen LogP contribution is -2.30. The quantitative estimate of drug-likeness (QED) is 0.0734. The summed E-state index contributed by atoms with van der Waals surface area (Å²) in [5, 5.41) is 0. The first-order valence-corrected chi connectivity index (χ1v) is 17.3. The Kier molecular flexibility index (Phi) is 24.4. The van der Waals surface area contributed by atoms with Crippen LogP contribution in [0.15, 0.2) is 18.5 Å². The van der Waals surface area contributed by atoms with Crippen LogP contribution in [0.25, 0.3) is 0 Å². The van der Waals surface area contributed by atoms with Crippen molar-refractivity contribution in [1.29, 1.82) is 0 Å². The molecular weight excluding hydrogens is 532 g/mol. The lowest BCUT2D eigenvalue weighted by molar-refractivity contribution is -0.0268. The van der Waals surface area contributed by atoms with Crippen LogP contribution < -0.4 is 4.74 Å². The normalized spacial score (nSPS) is 12.6. The van der Waals surface area contributed by atoms with E-state index in [4.69, 9.17) is 18.9 Å². The number of nitrogens with zero attached hydrogens (tertiary/aromatic N) is 2. The fraction of sp³-hybridized carbons (Fsp3) is 0.867. The second kappa shape index (κ2) is 26.6. The summed E-state index contributed by atoms with van der Waals surface area (Å²) in [5.74, 6) is 0. The summed E-state index contributed by atoms with van der Waals surface area (Å²) in [4.78, 5) is 8.23. The molecule has 0 fully saturated rings. The largest absolute Gasteiger partial charge is 0.455 e. The van der Waals surface area contributed by atoms with E-state index in [-0.39, 0.29) is 25.3 Å². The minimum Gasteiger partial charge on any atom is -0.455 e. The third kappa shape index (κ3) is 25.6. The predicted molar refractivity (Wildman–Crippen MR) is 159 cm³/mol. The highest BCUT2D eigenvalue weighted by Crippen LogP contribution is 2.14. The molecular formula is C30H56N2O7S. The number of ether oxygens (including phenoxy) is 4. The molecule has 0 saturated heterocycles. The molecule has 234 valence electrons. The Morgan fingerprint density at radius 2 is 1.07 bits per heavy atom. The summed E-state index contributed by atoms with van der Waals surface area (Å²) in [5.41, 5.74) is 0. The Balaban J connectivity index is 2.01. The Labute approximate surface area is 244 Å². The van der Waals surface area contributed by atoms with E-state index >= 15 is 0 Å². The van der Waals surface area contributed by atoms with E-state index < -0.39 is 10.1 Å². The average Bonchev–Trinajstić information content (AvgIpc) is 2.93. The molecule has 0 bridgehead atoms. The van der Waals surface area contributed by atoms with Gasteiger partial charge in [0.25, 0.3) is 10.1 Å². The number of hydrogen-bond donors (Lipinski definition) is 0. The average molecular weight is 589 g/mol. The molecule has 0 saturated carbocycles. The smallest absolute Gasteiger partial charge is 0.316 e. The van der Waals surface area contributed by atoms with Gasteiger partial charge in [0.15, 0.2) is 0 Å². The zero-order valence-corrected chi connectivity index (χ0v) is 26.0. The van der Waals surface area contributed by atoms with Crippen LogP contribution in [-0.4, -0.2) is 77.0 Å². The molecule has 0 amide bonds. The topological polar surface area (TPSA) is 106 Å². The van der Waals surface area contributed by atoms with Crippen molar-refractivity contribution in [2.24, 2.45) is 0 Å². The van der Waals surface area contributed by atoms with Crippen molar-refractivity contribution >= 4 is 10.1 Å². The van der Waals surface area contributed by atoms with Crippen LogP contribution in [-0.2, 0) is 28.5 Å². The van der Waals surface area contributed by atoms with Gasteiger partial charge in [-0.25, -0.2) is 9.97 Å². The van der Waals surface area contributed by atoms with Crippen molar-refractivity contribution in [2.45, 2.75) is 116 Å². The van der Waals surface area contributed by atoms with Gasteiger partial charge in [-0.3, -0.25) is 4.18 Å². The van der Waals surface area contributed by atoms with Gasteiger partial charge in [-0.2, -0.15) is 8.42 Å². The highest BCUT2D eigenvalue weighted by Gasteiger charge is 2.13. The monoisotopic (exact) mass is 588 g/mol. The van der Waals surface area contributed by atoms with Crippen LogP contribution in [0, 0.1) is 0 Å². The lowest BCUT2D eigenvalue weighted by Gasteiger charge is -2.18. The number of aromatic nitrogens is 2. The van der Waals surface area contributed by atoms with E-state index in [1.54, 1.807) is 18.5 Å². The van der Waals surface area contributed by atoms with E-state index in [9.17, 15) is 8.42 Å². The molecule has 0 aliphatic heterocycles. The van der Waals surface area contributed by atoms with Gasteiger partial charge in [0, 0.05) is 19.0 Å². The predicted octanol–water partition coefficient (Wildman–Crippen LogP) is 6.51. The molecule has 1 heterocycles. The molecule has 0 aromatic carbocycles. The van der Waals surface area contributed by atoms with Gasteiger partial charge in [-0.1, -0.05) is 103 Å². The van der Waals surface area contributed by atoms with Crippen LogP contribution in [0.2, 0.25) is 0 Å². The van der Waals surface area contributed by atoms with Crippen LogP contribution in [0.5, 0.6) is 6.01 Å². The summed E-state index contributed by atoms with van der Waals surface area (Å²) in [6, 6.07) is 2.02. The van der Waals surface area contributed by atoms with Crippen molar-refractivity contribution in [3.8, 4) is 6.01 Å². The third-order valence-electron chi connectivity index (χ3n) is 6.46. The highest BCUT2D eigenvalue weighted by molar-refractivity contribution is 7.85. The van der Waals surface area contributed by atoms with Gasteiger partial charge >= 0.3 is 6.01 Å². The van der Waals surface area contributed by atoms with Crippen molar-refractivity contribution in [3.05, 3.63) is 18.5 Å². The molecule has 40 heavy (non-hydrogen) atoms. The van der Waals surface area contributed by atoms with Crippen LogP contribution in [0.3, 0.4) is 0 Å². The minimum atomic E-state index is -3.44. The van der Waals surface area contributed by atoms with Gasteiger partial charge in [-0.15, -0.1) is 0 Å². The van der Waals surface area contributed by atoms with E-state index in [0.29, 0.717) is 33.0 Å². The molecule has 1 atom stereocenters. The molecule has 1 unspecified atom stereocenters. The van der Waals surface area contributed by atoms with Crippen molar-refractivity contribution in [1.82, 2.24) is 9.97 Å². The zero-order valence-electron chi connectivity index (χ0n) is 25.2. The fourth-order valence-corrected chi connectivity index (χ4v) is 4.63. The standard InChI is InChI=1S/C30H56N2O7S/c1-3-4-5-6-7-8-9-10-11-12-13-14-15-16-17-18-22-36-27-29(39-30-31-20-19-21-32-30)28-37-24-23-35-25-26-38-40(2,33)34/h19-21,29H,3-18,22-28H2,1-2H3. The maximum Gasteiger partial charge on any atom is 0.316 e. The first-order valence-electron chi connectivity index (χ1n) is 15.5. The second-order valence-electron chi connectivity index (χ2n) is 10.4. The Morgan fingerprint density at radius 3 is 1.60 bits per heavy atom. The Hall–Kier alpha value is -1.33. The van der Waals surface area contributed by atoms with E-state index in [1.165, 1.54) is 96.3 Å². The Bertz CT molecular complexity index is 769. The summed E-state index contributed by atoms with van der Waals surface area (Å²) >= 11 is 0. The summed E-state index contributed by atoms with van der Waals surface area (Å²) in [6.07, 6.45) is 25.5. The van der Waals surface area contributed by atoms with E-state index in [1.807, 2.05) is 0 Å². The minimum absolute atomic E-state index is 0.0108. The van der Waals surface area contributed by atoms with Gasteiger partial charge < -0.3 is 18.9 Å². The molecule has 0 N–H and O–H groups in total.